The molecule has 1 aromatic heterocycles. The van der Waals surface area contributed by atoms with Crippen LogP contribution in [0.3, 0.4) is 0 Å². The summed E-state index contributed by atoms with van der Waals surface area (Å²) in [5.41, 5.74) is 2.87. The quantitative estimate of drug-likeness (QED) is 0.933. The number of halogens is 1. The lowest BCUT2D eigenvalue weighted by molar-refractivity contribution is -0.00803. The Morgan fingerprint density at radius 3 is 2.76 bits per heavy atom. The highest BCUT2D eigenvalue weighted by atomic mass is 79.9. The Morgan fingerprint density at radius 2 is 2.18 bits per heavy atom. The van der Waals surface area contributed by atoms with Gasteiger partial charge in [-0.05, 0) is 38.0 Å². The standard InChI is InChI=1S/C13H17BrN2O/c1-5-13(3,17-4)12-15-10-7-9(14)6-8(2)11(10)16-12/h6-7H,5H2,1-4H3,(H,15,16). The molecular weight excluding hydrogens is 280 g/mol. The minimum absolute atomic E-state index is 0.349. The number of ether oxygens (including phenoxy) is 1. The van der Waals surface area contributed by atoms with E-state index >= 15 is 0 Å². The molecule has 17 heavy (non-hydrogen) atoms. The molecule has 0 radical (unpaired) electrons. The van der Waals surface area contributed by atoms with Crippen molar-refractivity contribution < 1.29 is 4.74 Å². The Hall–Kier alpha value is -0.870. The van der Waals surface area contributed by atoms with Gasteiger partial charge in [0.1, 0.15) is 11.4 Å². The van der Waals surface area contributed by atoms with Crippen LogP contribution in [0.25, 0.3) is 11.0 Å². The van der Waals surface area contributed by atoms with Gasteiger partial charge in [-0.15, -0.1) is 0 Å². The molecule has 1 unspecified atom stereocenters. The van der Waals surface area contributed by atoms with E-state index in [-0.39, 0.29) is 5.60 Å². The molecular formula is C13H17BrN2O. The highest BCUT2D eigenvalue weighted by molar-refractivity contribution is 9.10. The molecule has 1 aromatic carbocycles. The van der Waals surface area contributed by atoms with Crippen molar-refractivity contribution in [2.45, 2.75) is 32.8 Å². The minimum Gasteiger partial charge on any atom is -0.371 e. The summed E-state index contributed by atoms with van der Waals surface area (Å²) < 4.78 is 6.63. The van der Waals surface area contributed by atoms with Crippen LogP contribution in [0.2, 0.25) is 0 Å². The number of benzene rings is 1. The lowest BCUT2D eigenvalue weighted by Gasteiger charge is -2.23. The first-order valence-corrected chi connectivity index (χ1v) is 6.51. The summed E-state index contributed by atoms with van der Waals surface area (Å²) in [4.78, 5) is 8.02. The van der Waals surface area contributed by atoms with Crippen LogP contribution in [-0.4, -0.2) is 17.1 Å². The third kappa shape index (κ3) is 2.11. The molecule has 0 aliphatic heterocycles. The molecule has 2 rings (SSSR count). The summed E-state index contributed by atoms with van der Waals surface area (Å²) in [5, 5.41) is 0. The number of H-pyrrole nitrogens is 1. The van der Waals surface area contributed by atoms with Crippen LogP contribution in [0.1, 0.15) is 31.7 Å². The molecule has 0 aliphatic carbocycles. The smallest absolute Gasteiger partial charge is 0.139 e. The van der Waals surface area contributed by atoms with Crippen LogP contribution in [-0.2, 0) is 10.3 Å². The van der Waals surface area contributed by atoms with Crippen molar-refractivity contribution in [3.63, 3.8) is 0 Å². The van der Waals surface area contributed by atoms with Crippen molar-refractivity contribution in [1.29, 1.82) is 0 Å². The van der Waals surface area contributed by atoms with Gasteiger partial charge in [-0.2, -0.15) is 0 Å². The Balaban J connectivity index is 2.62. The topological polar surface area (TPSA) is 37.9 Å². The second kappa shape index (κ2) is 4.42. The first-order valence-electron chi connectivity index (χ1n) is 5.71. The number of aromatic nitrogens is 2. The summed E-state index contributed by atoms with van der Waals surface area (Å²) in [6.45, 7) is 6.21. The van der Waals surface area contributed by atoms with Gasteiger partial charge in [-0.3, -0.25) is 0 Å². The Kier molecular flexibility index (Phi) is 3.27. The SMILES string of the molecule is CCC(C)(OC)c1nc2c(C)cc(Br)cc2[nH]1. The predicted octanol–water partition coefficient (Wildman–Crippen LogP) is 3.91. The molecule has 0 fully saturated rings. The van der Waals surface area contributed by atoms with Gasteiger partial charge in [0.2, 0.25) is 0 Å². The Morgan fingerprint density at radius 1 is 1.47 bits per heavy atom. The lowest BCUT2D eigenvalue weighted by atomic mass is 10.0. The molecule has 0 saturated heterocycles. The maximum absolute atomic E-state index is 5.57. The Bertz CT molecular complexity index is 544. The van der Waals surface area contributed by atoms with Gasteiger partial charge in [-0.25, -0.2) is 4.98 Å². The summed E-state index contributed by atoms with van der Waals surface area (Å²) in [6, 6.07) is 4.12. The van der Waals surface area contributed by atoms with E-state index in [4.69, 9.17) is 4.74 Å². The number of aromatic amines is 1. The van der Waals surface area contributed by atoms with Crippen LogP contribution >= 0.6 is 15.9 Å². The van der Waals surface area contributed by atoms with Gasteiger partial charge < -0.3 is 9.72 Å². The zero-order valence-corrected chi connectivity index (χ0v) is 12.2. The van der Waals surface area contributed by atoms with E-state index in [1.165, 1.54) is 0 Å². The van der Waals surface area contributed by atoms with Crippen LogP contribution in [0.15, 0.2) is 16.6 Å². The summed E-state index contributed by atoms with van der Waals surface area (Å²) in [5.74, 6) is 0.888. The molecule has 92 valence electrons. The molecule has 0 spiro atoms. The molecule has 4 heteroatoms. The summed E-state index contributed by atoms with van der Waals surface area (Å²) in [7, 11) is 1.72. The van der Waals surface area contributed by atoms with E-state index in [1.807, 2.05) is 6.07 Å². The summed E-state index contributed by atoms with van der Waals surface area (Å²) >= 11 is 3.50. The van der Waals surface area contributed by atoms with Crippen molar-refractivity contribution in [2.75, 3.05) is 7.11 Å². The molecule has 3 nitrogen and oxygen atoms in total. The van der Waals surface area contributed by atoms with E-state index in [2.05, 4.69) is 52.7 Å². The number of nitrogens with one attached hydrogen (secondary N) is 1. The highest BCUT2D eigenvalue weighted by Gasteiger charge is 2.27. The number of methoxy groups -OCH3 is 1. The van der Waals surface area contributed by atoms with Gasteiger partial charge in [0.05, 0.1) is 11.0 Å². The molecule has 1 N–H and O–H groups in total. The maximum atomic E-state index is 5.57. The number of imidazole rings is 1. The predicted molar refractivity (Wildman–Crippen MR) is 73.2 cm³/mol. The van der Waals surface area contributed by atoms with E-state index in [0.29, 0.717) is 0 Å². The molecule has 2 aromatic rings. The zero-order chi connectivity index (χ0) is 12.6. The average molecular weight is 297 g/mol. The van der Waals surface area contributed by atoms with E-state index in [1.54, 1.807) is 7.11 Å². The molecule has 1 heterocycles. The number of rotatable bonds is 3. The fraction of sp³-hybridized carbons (Fsp3) is 0.462. The second-order valence-corrected chi connectivity index (χ2v) is 5.41. The van der Waals surface area contributed by atoms with E-state index in [9.17, 15) is 0 Å². The van der Waals surface area contributed by atoms with E-state index in [0.717, 1.165) is 33.3 Å². The largest absolute Gasteiger partial charge is 0.371 e. The number of hydrogen-bond donors (Lipinski definition) is 1. The molecule has 0 bridgehead atoms. The first kappa shape index (κ1) is 12.6. The van der Waals surface area contributed by atoms with Gasteiger partial charge in [0.25, 0.3) is 0 Å². The molecule has 1 atom stereocenters. The number of nitrogens with zero attached hydrogens (tertiary/aromatic N) is 1. The molecule has 0 amide bonds. The van der Waals surface area contributed by atoms with Crippen molar-refractivity contribution in [1.82, 2.24) is 9.97 Å². The molecule has 0 aliphatic rings. The normalized spacial score (nSPS) is 15.1. The summed E-state index contributed by atoms with van der Waals surface area (Å²) in [6.07, 6.45) is 0.879. The van der Waals surface area contributed by atoms with Crippen molar-refractivity contribution in [3.05, 3.63) is 28.0 Å². The number of aryl methyl sites for hydroxylation is 1. The third-order valence-electron chi connectivity index (χ3n) is 3.37. The van der Waals surface area contributed by atoms with Crippen molar-refractivity contribution >= 4 is 27.0 Å². The van der Waals surface area contributed by atoms with Crippen molar-refractivity contribution in [2.24, 2.45) is 0 Å². The van der Waals surface area contributed by atoms with Gasteiger partial charge >= 0.3 is 0 Å². The monoisotopic (exact) mass is 296 g/mol. The fourth-order valence-corrected chi connectivity index (χ4v) is 2.48. The van der Waals surface area contributed by atoms with Gasteiger partial charge in [0.15, 0.2) is 0 Å². The number of hydrogen-bond acceptors (Lipinski definition) is 2. The Labute approximate surface area is 110 Å². The van der Waals surface area contributed by atoms with Crippen LogP contribution in [0.4, 0.5) is 0 Å². The first-order chi connectivity index (χ1) is 8.00. The second-order valence-electron chi connectivity index (χ2n) is 4.49. The van der Waals surface area contributed by atoms with Crippen molar-refractivity contribution in [3.8, 4) is 0 Å². The minimum atomic E-state index is -0.349. The maximum Gasteiger partial charge on any atom is 0.139 e. The third-order valence-corrected chi connectivity index (χ3v) is 3.83. The number of fused-ring (bicyclic) bond motifs is 1. The van der Waals surface area contributed by atoms with Gasteiger partial charge in [-0.1, -0.05) is 22.9 Å². The molecule has 0 saturated carbocycles. The fourth-order valence-electron chi connectivity index (χ4n) is 1.91. The van der Waals surface area contributed by atoms with Crippen LogP contribution in [0, 0.1) is 6.92 Å². The highest BCUT2D eigenvalue weighted by Crippen LogP contribution is 2.29. The van der Waals surface area contributed by atoms with Gasteiger partial charge in [0, 0.05) is 11.6 Å². The van der Waals surface area contributed by atoms with Crippen LogP contribution < -0.4 is 0 Å². The average Bonchev–Trinajstić information content (AvgIpc) is 2.72. The van der Waals surface area contributed by atoms with Crippen LogP contribution in [0.5, 0.6) is 0 Å². The lowest BCUT2D eigenvalue weighted by Crippen LogP contribution is -2.24. The van der Waals surface area contributed by atoms with E-state index < -0.39 is 0 Å². The zero-order valence-electron chi connectivity index (χ0n) is 10.6.